The highest BCUT2D eigenvalue weighted by atomic mass is 16.1. The maximum absolute atomic E-state index is 11.9. The molecule has 1 amide bonds. The van der Waals surface area contributed by atoms with Crippen LogP contribution in [0.25, 0.3) is 0 Å². The number of carbonyl (C=O) groups is 1. The van der Waals surface area contributed by atoms with Crippen molar-refractivity contribution in [2.24, 2.45) is 0 Å². The summed E-state index contributed by atoms with van der Waals surface area (Å²) in [6.45, 7) is 0.660. The molecule has 0 radical (unpaired) electrons. The second-order valence-corrected chi connectivity index (χ2v) is 4.66. The Morgan fingerprint density at radius 2 is 2.00 bits per heavy atom. The van der Waals surface area contributed by atoms with Crippen molar-refractivity contribution in [2.45, 2.75) is 19.3 Å². The van der Waals surface area contributed by atoms with E-state index >= 15 is 0 Å². The van der Waals surface area contributed by atoms with Gasteiger partial charge in [-0.25, -0.2) is 0 Å². The molecule has 20 heavy (non-hydrogen) atoms. The first kappa shape index (κ1) is 14.1. The molecule has 1 aromatic heterocycles. The van der Waals surface area contributed by atoms with Crippen LogP contribution in [0.5, 0.6) is 0 Å². The normalized spacial score (nSPS) is 10.2. The second-order valence-electron chi connectivity index (χ2n) is 4.66. The molecular weight excluding hydrogens is 250 g/mol. The monoisotopic (exact) mass is 269 g/mol. The molecule has 0 bridgehead atoms. The van der Waals surface area contributed by atoms with Crippen LogP contribution in [-0.2, 0) is 6.42 Å². The van der Waals surface area contributed by atoms with Crippen molar-refractivity contribution in [3.05, 3.63) is 59.9 Å². The summed E-state index contributed by atoms with van der Waals surface area (Å²) in [7, 11) is 0. The van der Waals surface area contributed by atoms with E-state index in [1.54, 1.807) is 18.3 Å². The molecule has 0 fully saturated rings. The summed E-state index contributed by atoms with van der Waals surface area (Å²) in [6, 6.07) is 11.1. The fraction of sp³-hybridized carbons (Fsp3) is 0.250. The number of unbranched alkanes of at least 4 members (excludes halogenated alkanes) is 1. The number of aromatic nitrogens is 1. The van der Waals surface area contributed by atoms with Crippen molar-refractivity contribution in [1.82, 2.24) is 10.3 Å². The topological polar surface area (TPSA) is 68.0 Å². The molecule has 0 unspecified atom stereocenters. The highest BCUT2D eigenvalue weighted by Crippen LogP contribution is 2.10. The van der Waals surface area contributed by atoms with E-state index in [-0.39, 0.29) is 5.91 Å². The van der Waals surface area contributed by atoms with Crippen LogP contribution >= 0.6 is 0 Å². The zero-order valence-corrected chi connectivity index (χ0v) is 11.4. The third-order valence-electron chi connectivity index (χ3n) is 3.11. The Labute approximate surface area is 119 Å². The van der Waals surface area contributed by atoms with Crippen LogP contribution in [-0.4, -0.2) is 17.4 Å². The van der Waals surface area contributed by atoms with E-state index in [0.29, 0.717) is 17.8 Å². The van der Waals surface area contributed by atoms with Crippen molar-refractivity contribution in [3.63, 3.8) is 0 Å². The highest BCUT2D eigenvalue weighted by Gasteiger charge is 2.07. The lowest BCUT2D eigenvalue weighted by Crippen LogP contribution is -2.25. The van der Waals surface area contributed by atoms with Crippen LogP contribution in [0.1, 0.15) is 28.8 Å². The van der Waals surface area contributed by atoms with Crippen LogP contribution in [0.15, 0.2) is 48.8 Å². The predicted molar refractivity (Wildman–Crippen MR) is 80.4 cm³/mol. The van der Waals surface area contributed by atoms with Gasteiger partial charge in [0.05, 0.1) is 5.56 Å². The van der Waals surface area contributed by atoms with Crippen LogP contribution in [0.2, 0.25) is 0 Å². The quantitative estimate of drug-likeness (QED) is 0.625. The fourth-order valence-electron chi connectivity index (χ4n) is 2.00. The van der Waals surface area contributed by atoms with Crippen LogP contribution in [0.3, 0.4) is 0 Å². The van der Waals surface area contributed by atoms with E-state index in [0.717, 1.165) is 19.3 Å². The van der Waals surface area contributed by atoms with Crippen LogP contribution in [0.4, 0.5) is 5.69 Å². The number of anilines is 1. The van der Waals surface area contributed by atoms with Gasteiger partial charge < -0.3 is 11.1 Å². The molecule has 104 valence electrons. The molecule has 3 N–H and O–H groups in total. The van der Waals surface area contributed by atoms with Gasteiger partial charge >= 0.3 is 0 Å². The number of hydrogen-bond donors (Lipinski definition) is 2. The SMILES string of the molecule is Nc1ccccc1C(=O)NCCCCc1cccnc1. The van der Waals surface area contributed by atoms with Crippen molar-refractivity contribution in [3.8, 4) is 0 Å². The Hall–Kier alpha value is -2.36. The third kappa shape index (κ3) is 4.09. The number of rotatable bonds is 6. The van der Waals surface area contributed by atoms with Crippen LogP contribution in [0, 0.1) is 0 Å². The number of nitrogens with zero attached hydrogens (tertiary/aromatic N) is 1. The van der Waals surface area contributed by atoms with Gasteiger partial charge in [-0.05, 0) is 43.0 Å². The molecule has 0 aliphatic carbocycles. The zero-order chi connectivity index (χ0) is 14.2. The Kier molecular flexibility index (Phi) is 5.12. The van der Waals surface area contributed by atoms with Crippen molar-refractivity contribution < 1.29 is 4.79 Å². The fourth-order valence-corrected chi connectivity index (χ4v) is 2.00. The summed E-state index contributed by atoms with van der Waals surface area (Å²) in [6.07, 6.45) is 6.60. The maximum atomic E-state index is 11.9. The number of aryl methyl sites for hydroxylation is 1. The summed E-state index contributed by atoms with van der Waals surface area (Å²) in [5.41, 5.74) is 8.04. The van der Waals surface area contributed by atoms with Gasteiger partial charge in [-0.3, -0.25) is 9.78 Å². The average Bonchev–Trinajstić information content (AvgIpc) is 2.48. The molecule has 0 aliphatic rings. The minimum absolute atomic E-state index is 0.107. The summed E-state index contributed by atoms with van der Waals surface area (Å²) >= 11 is 0. The summed E-state index contributed by atoms with van der Waals surface area (Å²) in [4.78, 5) is 16.0. The lowest BCUT2D eigenvalue weighted by atomic mass is 10.1. The first-order valence-electron chi connectivity index (χ1n) is 6.79. The molecule has 0 aliphatic heterocycles. The summed E-state index contributed by atoms with van der Waals surface area (Å²) in [5.74, 6) is -0.107. The number of benzene rings is 1. The number of nitrogens with one attached hydrogen (secondary N) is 1. The van der Waals surface area contributed by atoms with E-state index in [9.17, 15) is 4.79 Å². The average molecular weight is 269 g/mol. The molecule has 2 aromatic rings. The number of pyridine rings is 1. The molecule has 0 atom stereocenters. The van der Waals surface area contributed by atoms with Gasteiger partial charge in [0, 0.05) is 24.6 Å². The second kappa shape index (κ2) is 7.28. The number of amides is 1. The number of para-hydroxylation sites is 1. The largest absolute Gasteiger partial charge is 0.398 e. The standard InChI is InChI=1S/C16H19N3O/c17-15-9-2-1-8-14(15)16(20)19-11-4-3-6-13-7-5-10-18-12-13/h1-2,5,7-10,12H,3-4,6,11,17H2,(H,19,20). The van der Waals surface area contributed by atoms with Gasteiger partial charge in [-0.1, -0.05) is 18.2 Å². The molecule has 4 heteroatoms. The number of carbonyl (C=O) groups excluding carboxylic acids is 1. The van der Waals surface area contributed by atoms with Gasteiger partial charge in [0.2, 0.25) is 0 Å². The first-order valence-corrected chi connectivity index (χ1v) is 6.79. The number of nitrogens with two attached hydrogens (primary N) is 1. The predicted octanol–water partition coefficient (Wildman–Crippen LogP) is 2.42. The minimum atomic E-state index is -0.107. The molecule has 0 spiro atoms. The first-order chi connectivity index (χ1) is 9.77. The molecule has 0 saturated carbocycles. The van der Waals surface area contributed by atoms with Gasteiger partial charge in [0.1, 0.15) is 0 Å². The molecule has 0 saturated heterocycles. The molecule has 1 heterocycles. The Morgan fingerprint density at radius 3 is 2.75 bits per heavy atom. The minimum Gasteiger partial charge on any atom is -0.398 e. The Morgan fingerprint density at radius 1 is 1.15 bits per heavy atom. The van der Waals surface area contributed by atoms with Crippen molar-refractivity contribution in [2.75, 3.05) is 12.3 Å². The van der Waals surface area contributed by atoms with Crippen molar-refractivity contribution in [1.29, 1.82) is 0 Å². The maximum Gasteiger partial charge on any atom is 0.253 e. The molecular formula is C16H19N3O. The smallest absolute Gasteiger partial charge is 0.253 e. The van der Waals surface area contributed by atoms with Crippen LogP contribution < -0.4 is 11.1 Å². The number of nitrogen functional groups attached to an aromatic ring is 1. The van der Waals surface area contributed by atoms with Gasteiger partial charge in [-0.15, -0.1) is 0 Å². The van der Waals surface area contributed by atoms with E-state index in [1.807, 2.05) is 24.4 Å². The van der Waals surface area contributed by atoms with E-state index < -0.39 is 0 Å². The van der Waals surface area contributed by atoms with E-state index in [4.69, 9.17) is 5.73 Å². The molecule has 1 aromatic carbocycles. The third-order valence-corrected chi connectivity index (χ3v) is 3.11. The van der Waals surface area contributed by atoms with Gasteiger partial charge in [-0.2, -0.15) is 0 Å². The van der Waals surface area contributed by atoms with Crippen molar-refractivity contribution >= 4 is 11.6 Å². The summed E-state index contributed by atoms with van der Waals surface area (Å²) in [5, 5.41) is 2.89. The van der Waals surface area contributed by atoms with Gasteiger partial charge in [0.25, 0.3) is 5.91 Å². The lowest BCUT2D eigenvalue weighted by Gasteiger charge is -2.07. The molecule has 4 nitrogen and oxygen atoms in total. The molecule has 2 rings (SSSR count). The van der Waals surface area contributed by atoms with E-state index in [2.05, 4.69) is 16.4 Å². The summed E-state index contributed by atoms with van der Waals surface area (Å²) < 4.78 is 0. The highest BCUT2D eigenvalue weighted by molar-refractivity contribution is 5.98. The Balaban J connectivity index is 1.69. The Bertz CT molecular complexity index is 555. The number of hydrogen-bond acceptors (Lipinski definition) is 3. The van der Waals surface area contributed by atoms with E-state index in [1.165, 1.54) is 5.56 Å². The lowest BCUT2D eigenvalue weighted by molar-refractivity contribution is 0.0954. The van der Waals surface area contributed by atoms with Gasteiger partial charge in [0.15, 0.2) is 0 Å². The zero-order valence-electron chi connectivity index (χ0n) is 11.4.